The maximum absolute atomic E-state index is 12.5. The van der Waals surface area contributed by atoms with Gasteiger partial charge in [0.25, 0.3) is 0 Å². The molecule has 5 aromatic heterocycles. The number of alkyl halides is 1. The van der Waals surface area contributed by atoms with Crippen LogP contribution in [0.2, 0.25) is 0 Å². The number of benzene rings is 1. The Morgan fingerprint density at radius 2 is 1.01 bits per heavy atom. The summed E-state index contributed by atoms with van der Waals surface area (Å²) in [5.41, 5.74) is 9.37. The molecule has 0 bridgehead atoms. The van der Waals surface area contributed by atoms with Crippen LogP contribution in [-0.2, 0) is 41.7 Å². The van der Waals surface area contributed by atoms with E-state index in [4.69, 9.17) is 43.6 Å². The number of imidazole rings is 1. The second kappa shape index (κ2) is 31.4. The van der Waals surface area contributed by atoms with Crippen LogP contribution in [0.25, 0.3) is 5.65 Å². The number of hydrogen-bond donors (Lipinski definition) is 3. The lowest BCUT2D eigenvalue weighted by Gasteiger charge is -2.32. The van der Waals surface area contributed by atoms with Gasteiger partial charge >= 0.3 is 24.4 Å². The Hall–Kier alpha value is -8.25. The molecule has 28 heteroatoms. The normalized spacial score (nSPS) is 14.2. The topological polar surface area (TPSA) is 303 Å². The fraction of sp³-hybridized carbons (Fsp3) is 0.469. The van der Waals surface area contributed by atoms with Crippen molar-refractivity contribution >= 4 is 114 Å². The number of ether oxygens (including phenoxy) is 8. The Balaban J connectivity index is 0.000000189. The molecule has 4 amide bonds. The van der Waals surface area contributed by atoms with E-state index in [2.05, 4.69) is 63.8 Å². The lowest BCUT2D eigenvalue weighted by Crippen LogP contribution is -2.41. The number of anilines is 6. The standard InChI is InChI=1S/C19H23N3O3.C16H21N3O4.C12H15IN2O3.C12H17N3O3.C5H7BrO2/c1-19(2,3)25-18(23)22-11-12-24-16-15(22)9-10-20-17(16)21-13-14-7-5-4-6-8-14;1-10-11(9-20)17-14-13-12(5-6-18(10)14)19(7-8-22-13)15(21)23-16(2,3)4;2*1-12(2,3)18-11(16)15-6-7-17-9-8(15)4-5-14-10(9)13;1-3(6)5(8)4(2)7/h4-10H,11-13H2,1-3H3,(H,20,21);5-6,20H,7-9H2,1-4H3;4-5H,6-7H2,1-3H3;4-5H,6-7H2,1-3H3,(H2,13,14);3H,1-2H3. The van der Waals surface area contributed by atoms with Gasteiger partial charge in [-0.05, 0) is 149 Å². The second-order valence-corrected chi connectivity index (χ2v) is 27.2. The third-order valence-electron chi connectivity index (χ3n) is 12.7. The molecule has 0 radical (unpaired) electrons. The Morgan fingerprint density at radius 1 is 0.609 bits per heavy atom. The Labute approximate surface area is 558 Å². The minimum Gasteiger partial charge on any atom is -0.487 e. The van der Waals surface area contributed by atoms with Crippen molar-refractivity contribution in [3.8, 4) is 23.0 Å². The summed E-state index contributed by atoms with van der Waals surface area (Å²) in [6, 6.07) is 17.1. The van der Waals surface area contributed by atoms with Crippen LogP contribution in [0.5, 0.6) is 23.0 Å². The smallest absolute Gasteiger partial charge is 0.415 e. The zero-order valence-corrected chi connectivity index (χ0v) is 58.4. The van der Waals surface area contributed by atoms with Gasteiger partial charge in [0.05, 0.1) is 66.1 Å². The van der Waals surface area contributed by atoms with Gasteiger partial charge in [0.2, 0.25) is 5.78 Å². The number of pyridine rings is 4. The highest BCUT2D eigenvalue weighted by Crippen LogP contribution is 2.40. The first-order valence-electron chi connectivity index (χ1n) is 29.6. The number of aromatic nitrogens is 5. The van der Waals surface area contributed by atoms with Crippen LogP contribution in [0.4, 0.5) is 53.6 Å². The van der Waals surface area contributed by atoms with Crippen LogP contribution < -0.4 is 49.6 Å². The number of hydrogen-bond acceptors (Lipinski definition) is 21. The SMILES string of the molecule is CC(=O)C(=O)C(C)Br.CC(C)(C)OC(=O)N1CCOc2c1ccnc2I.CC(C)(C)OC(=O)N1CCOc2c1ccnc2N.CC(C)(C)OC(=O)N1CCOc2c1ccnc2NCc1ccccc1.Cc1c(CO)nc2c3c(ccn12)N(C(=O)OC(C)(C)C)CCO3. The average molecular weight is 1450 g/mol. The number of nitrogens with zero attached hydrogens (tertiary/aromatic N) is 9. The van der Waals surface area contributed by atoms with E-state index in [1.165, 1.54) is 11.8 Å². The Bertz CT molecular complexity index is 3500. The molecule has 0 fully saturated rings. The second-order valence-electron chi connectivity index (χ2n) is 24.8. The van der Waals surface area contributed by atoms with Crippen molar-refractivity contribution in [3.05, 3.63) is 100 Å². The van der Waals surface area contributed by atoms with Gasteiger partial charge in [-0.15, -0.1) is 0 Å². The minimum absolute atomic E-state index is 0.141. The molecule has 1 atom stereocenters. The molecule has 1 unspecified atom stereocenters. The molecule has 4 N–H and O–H groups in total. The average Bonchev–Trinajstić information content (AvgIpc) is 1.55. The number of ketones is 2. The van der Waals surface area contributed by atoms with E-state index in [1.807, 2.05) is 131 Å². The number of aliphatic hydroxyl groups excluding tert-OH is 1. The van der Waals surface area contributed by atoms with Crippen molar-refractivity contribution in [2.24, 2.45) is 0 Å². The Morgan fingerprint density at radius 3 is 1.45 bits per heavy atom. The van der Waals surface area contributed by atoms with Gasteiger partial charge in [-0.3, -0.25) is 29.2 Å². The summed E-state index contributed by atoms with van der Waals surface area (Å²) in [6.07, 6.45) is 5.15. The van der Waals surface area contributed by atoms with E-state index >= 15 is 0 Å². The van der Waals surface area contributed by atoms with Crippen LogP contribution >= 0.6 is 38.5 Å². The molecule has 498 valence electrons. The molecule has 0 saturated carbocycles. The minimum atomic E-state index is -0.562. The van der Waals surface area contributed by atoms with Crippen LogP contribution in [0.3, 0.4) is 0 Å². The van der Waals surface area contributed by atoms with Crippen molar-refractivity contribution in [1.82, 2.24) is 24.3 Å². The monoisotopic (exact) mass is 1450 g/mol. The van der Waals surface area contributed by atoms with E-state index in [0.717, 1.165) is 20.6 Å². The van der Waals surface area contributed by atoms with Gasteiger partial charge in [-0.25, -0.2) is 39.1 Å². The molecule has 4 aliphatic rings. The lowest BCUT2D eigenvalue weighted by atomic mass is 10.2. The van der Waals surface area contributed by atoms with Crippen LogP contribution in [0.1, 0.15) is 114 Å². The summed E-state index contributed by atoms with van der Waals surface area (Å²) in [5.74, 6) is 2.34. The number of nitrogens with two attached hydrogens (primary N) is 1. The predicted octanol–water partition coefficient (Wildman–Crippen LogP) is 11.6. The number of aryl methyl sites for hydroxylation is 1. The molecule has 4 aliphatic heterocycles. The van der Waals surface area contributed by atoms with Gasteiger partial charge in [0.1, 0.15) is 52.5 Å². The summed E-state index contributed by atoms with van der Waals surface area (Å²) in [5, 5.41) is 12.7. The molecule has 0 saturated heterocycles. The first-order chi connectivity index (χ1) is 43.1. The number of amides is 4. The van der Waals surface area contributed by atoms with Gasteiger partial charge < -0.3 is 58.5 Å². The van der Waals surface area contributed by atoms with Crippen LogP contribution in [0, 0.1) is 10.6 Å². The highest BCUT2D eigenvalue weighted by Gasteiger charge is 2.34. The number of rotatable bonds is 6. The largest absolute Gasteiger partial charge is 0.487 e. The summed E-state index contributed by atoms with van der Waals surface area (Å²) in [6.45, 7) is 30.7. The lowest BCUT2D eigenvalue weighted by molar-refractivity contribution is -0.134. The number of Topliss-reactive ketones (excluding diaryl/α,β-unsaturated/α-hetero) is 2. The molecule has 1 aromatic carbocycles. The summed E-state index contributed by atoms with van der Waals surface area (Å²) >= 11 is 5.06. The molecule has 0 aliphatic carbocycles. The molecule has 26 nitrogen and oxygen atoms in total. The number of halogens is 2. The van der Waals surface area contributed by atoms with E-state index in [0.29, 0.717) is 116 Å². The number of aliphatic hydroxyl groups is 1. The summed E-state index contributed by atoms with van der Waals surface area (Å²) < 4.78 is 46.8. The van der Waals surface area contributed by atoms with E-state index < -0.39 is 40.4 Å². The quantitative estimate of drug-likeness (QED) is 0.0459. The maximum atomic E-state index is 12.5. The predicted molar refractivity (Wildman–Crippen MR) is 360 cm³/mol. The molecular weight excluding hydrogens is 1370 g/mol. The van der Waals surface area contributed by atoms with Crippen molar-refractivity contribution in [1.29, 1.82) is 0 Å². The fourth-order valence-corrected chi connectivity index (χ4v) is 9.67. The zero-order valence-electron chi connectivity index (χ0n) is 54.7. The molecular formula is C64H83BrIN11O15. The molecule has 6 aromatic rings. The van der Waals surface area contributed by atoms with E-state index in [1.54, 1.807) is 64.5 Å². The number of nitrogens with one attached hydrogen (secondary N) is 1. The van der Waals surface area contributed by atoms with Crippen molar-refractivity contribution < 1.29 is 71.8 Å². The van der Waals surface area contributed by atoms with Gasteiger partial charge in [0.15, 0.2) is 46.1 Å². The third kappa shape index (κ3) is 20.4. The van der Waals surface area contributed by atoms with Gasteiger partial charge in [-0.1, -0.05) is 46.3 Å². The molecule has 10 rings (SSSR count). The first kappa shape index (κ1) is 72.8. The zero-order chi connectivity index (χ0) is 68.0. The number of fused-ring (bicyclic) bond motifs is 6. The van der Waals surface area contributed by atoms with Crippen molar-refractivity contribution in [2.75, 3.05) is 83.3 Å². The summed E-state index contributed by atoms with van der Waals surface area (Å²) in [4.78, 5) is 92.5. The van der Waals surface area contributed by atoms with Gasteiger partial charge in [-0.2, -0.15) is 0 Å². The van der Waals surface area contributed by atoms with Crippen molar-refractivity contribution in [2.45, 2.75) is 144 Å². The number of nitrogen functional groups attached to an aromatic ring is 1. The van der Waals surface area contributed by atoms with E-state index in [-0.39, 0.29) is 35.2 Å². The first-order valence-corrected chi connectivity index (χ1v) is 31.6. The van der Waals surface area contributed by atoms with Crippen LogP contribution in [-0.4, -0.2) is 145 Å². The Kier molecular flexibility index (Phi) is 24.8. The maximum Gasteiger partial charge on any atom is 0.415 e. The highest BCUT2D eigenvalue weighted by molar-refractivity contribution is 14.1. The number of carbonyl (C=O) groups excluding carboxylic acids is 6. The number of carbonyl (C=O) groups is 6. The van der Waals surface area contributed by atoms with Crippen LogP contribution in [0.15, 0.2) is 79.4 Å². The molecule has 9 heterocycles. The molecule has 0 spiro atoms. The van der Waals surface area contributed by atoms with E-state index in [9.17, 15) is 33.9 Å². The summed E-state index contributed by atoms with van der Waals surface area (Å²) in [7, 11) is 0. The van der Waals surface area contributed by atoms with Gasteiger partial charge in [0, 0.05) is 43.9 Å². The third-order valence-corrected chi connectivity index (χ3v) is 13.9. The highest BCUT2D eigenvalue weighted by atomic mass is 127. The molecule has 92 heavy (non-hydrogen) atoms. The fourth-order valence-electron chi connectivity index (χ4n) is 8.76. The van der Waals surface area contributed by atoms with Crippen molar-refractivity contribution in [3.63, 3.8) is 0 Å².